The molecule has 1 saturated carbocycles. The Morgan fingerprint density at radius 1 is 1.23 bits per heavy atom. The molecule has 1 heterocycles. The van der Waals surface area contributed by atoms with Crippen LogP contribution in [-0.4, -0.2) is 22.7 Å². The number of hydrogen-bond donors (Lipinski definition) is 2. The van der Waals surface area contributed by atoms with Gasteiger partial charge in [-0.2, -0.15) is 0 Å². The van der Waals surface area contributed by atoms with E-state index in [2.05, 4.69) is 10.3 Å². The van der Waals surface area contributed by atoms with Crippen molar-refractivity contribution < 1.29 is 9.50 Å². The van der Waals surface area contributed by atoms with Crippen LogP contribution in [-0.2, 0) is 0 Å². The van der Waals surface area contributed by atoms with Gasteiger partial charge in [0.2, 0.25) is 0 Å². The van der Waals surface area contributed by atoms with E-state index in [0.717, 1.165) is 49.7 Å². The van der Waals surface area contributed by atoms with E-state index >= 15 is 0 Å². The van der Waals surface area contributed by atoms with Crippen molar-refractivity contribution in [3.63, 3.8) is 0 Å². The summed E-state index contributed by atoms with van der Waals surface area (Å²) < 4.78 is 13.2. The van der Waals surface area contributed by atoms with Gasteiger partial charge in [-0.05, 0) is 49.8 Å². The molecule has 0 amide bonds. The van der Waals surface area contributed by atoms with Crippen molar-refractivity contribution in [1.82, 2.24) is 4.98 Å². The van der Waals surface area contributed by atoms with Gasteiger partial charge in [-0.15, -0.1) is 0 Å². The second-order valence-electron chi connectivity index (χ2n) is 6.20. The number of nitrogens with zero attached hydrogens (tertiary/aromatic N) is 1. The lowest BCUT2D eigenvalue weighted by molar-refractivity contribution is 0.0648. The van der Waals surface area contributed by atoms with Crippen molar-refractivity contribution in [2.75, 3.05) is 11.9 Å². The first-order valence-electron chi connectivity index (χ1n) is 8.20. The van der Waals surface area contributed by atoms with Gasteiger partial charge in [0, 0.05) is 29.9 Å². The van der Waals surface area contributed by atoms with E-state index in [4.69, 9.17) is 0 Å². The van der Waals surface area contributed by atoms with Crippen LogP contribution < -0.4 is 5.32 Å². The molecular formula is C18H23FN2O. The number of rotatable bonds is 5. The Morgan fingerprint density at radius 3 is 2.95 bits per heavy atom. The van der Waals surface area contributed by atoms with Gasteiger partial charge in [-0.1, -0.05) is 12.8 Å². The second-order valence-corrected chi connectivity index (χ2v) is 6.20. The van der Waals surface area contributed by atoms with E-state index in [1.807, 2.05) is 6.07 Å². The third kappa shape index (κ3) is 3.55. The van der Waals surface area contributed by atoms with Gasteiger partial charge in [-0.25, -0.2) is 4.39 Å². The van der Waals surface area contributed by atoms with E-state index in [9.17, 15) is 9.50 Å². The molecule has 2 N–H and O–H groups in total. The first-order valence-corrected chi connectivity index (χ1v) is 8.20. The number of hydrogen-bond acceptors (Lipinski definition) is 3. The van der Waals surface area contributed by atoms with Crippen LogP contribution in [0.5, 0.6) is 0 Å². The number of aliphatic hydroxyl groups excluding tert-OH is 1. The molecule has 1 aliphatic rings. The fraction of sp³-hybridized carbons (Fsp3) is 0.500. The van der Waals surface area contributed by atoms with Crippen molar-refractivity contribution in [2.45, 2.75) is 44.6 Å². The highest BCUT2D eigenvalue weighted by Gasteiger charge is 2.22. The minimum Gasteiger partial charge on any atom is -0.393 e. The molecule has 0 radical (unpaired) electrons. The molecule has 118 valence electrons. The number of fused-ring (bicyclic) bond motifs is 1. The summed E-state index contributed by atoms with van der Waals surface area (Å²) in [4.78, 5) is 4.20. The van der Waals surface area contributed by atoms with Crippen molar-refractivity contribution >= 4 is 16.6 Å². The minimum atomic E-state index is -0.261. The molecule has 3 nitrogen and oxygen atoms in total. The number of benzene rings is 1. The maximum atomic E-state index is 13.2. The summed E-state index contributed by atoms with van der Waals surface area (Å²) >= 11 is 0. The van der Waals surface area contributed by atoms with E-state index < -0.39 is 0 Å². The summed E-state index contributed by atoms with van der Waals surface area (Å²) in [5, 5.41) is 14.4. The van der Waals surface area contributed by atoms with Gasteiger partial charge in [-0.3, -0.25) is 4.98 Å². The van der Waals surface area contributed by atoms with Crippen LogP contribution in [0.4, 0.5) is 10.1 Å². The monoisotopic (exact) mass is 302 g/mol. The molecule has 2 atom stereocenters. The van der Waals surface area contributed by atoms with Crippen LogP contribution >= 0.6 is 0 Å². The standard InChI is InChI=1S/C18H23FN2O/c19-14-7-8-15-16(9-11-21-17(15)12-14)20-10-3-5-13-4-1-2-6-18(13)22/h7-9,11-13,18,22H,1-6,10H2,(H,20,21). The highest BCUT2D eigenvalue weighted by Crippen LogP contribution is 2.28. The summed E-state index contributed by atoms with van der Waals surface area (Å²) in [6.45, 7) is 0.861. The van der Waals surface area contributed by atoms with E-state index in [1.165, 1.54) is 18.6 Å². The van der Waals surface area contributed by atoms with Crippen LogP contribution in [0.25, 0.3) is 10.9 Å². The first kappa shape index (κ1) is 15.2. The molecule has 0 bridgehead atoms. The number of pyridine rings is 1. The van der Waals surface area contributed by atoms with Crippen LogP contribution in [0.15, 0.2) is 30.5 Å². The van der Waals surface area contributed by atoms with Gasteiger partial charge in [0.15, 0.2) is 0 Å². The molecule has 3 rings (SSSR count). The van der Waals surface area contributed by atoms with E-state index in [-0.39, 0.29) is 11.9 Å². The number of nitrogens with one attached hydrogen (secondary N) is 1. The Labute approximate surface area is 130 Å². The largest absolute Gasteiger partial charge is 0.393 e. The number of aromatic nitrogens is 1. The molecule has 2 unspecified atom stereocenters. The Balaban J connectivity index is 1.55. The van der Waals surface area contributed by atoms with Gasteiger partial charge in [0.25, 0.3) is 0 Å². The van der Waals surface area contributed by atoms with Crippen LogP contribution in [0.1, 0.15) is 38.5 Å². The van der Waals surface area contributed by atoms with Crippen molar-refractivity contribution in [3.05, 3.63) is 36.3 Å². The zero-order valence-electron chi connectivity index (χ0n) is 12.8. The smallest absolute Gasteiger partial charge is 0.125 e. The molecule has 1 fully saturated rings. The van der Waals surface area contributed by atoms with Crippen LogP contribution in [0.3, 0.4) is 0 Å². The zero-order chi connectivity index (χ0) is 15.4. The normalized spacial score (nSPS) is 21.9. The number of aliphatic hydroxyl groups is 1. The maximum Gasteiger partial charge on any atom is 0.125 e. The van der Waals surface area contributed by atoms with Crippen LogP contribution in [0, 0.1) is 11.7 Å². The van der Waals surface area contributed by atoms with Gasteiger partial charge >= 0.3 is 0 Å². The van der Waals surface area contributed by atoms with Crippen molar-refractivity contribution in [2.24, 2.45) is 5.92 Å². The van der Waals surface area contributed by atoms with E-state index in [1.54, 1.807) is 12.3 Å². The predicted molar refractivity (Wildman–Crippen MR) is 87.4 cm³/mol. The van der Waals surface area contributed by atoms with Crippen molar-refractivity contribution in [3.8, 4) is 0 Å². The molecule has 1 aliphatic carbocycles. The molecule has 1 aromatic carbocycles. The van der Waals surface area contributed by atoms with E-state index in [0.29, 0.717) is 11.4 Å². The predicted octanol–water partition coefficient (Wildman–Crippen LogP) is 4.12. The van der Waals surface area contributed by atoms with Crippen molar-refractivity contribution in [1.29, 1.82) is 0 Å². The van der Waals surface area contributed by atoms with Gasteiger partial charge in [0.1, 0.15) is 5.82 Å². The van der Waals surface area contributed by atoms with Gasteiger partial charge < -0.3 is 10.4 Å². The number of anilines is 1. The molecule has 1 aromatic heterocycles. The first-order chi connectivity index (χ1) is 10.7. The molecule has 4 heteroatoms. The summed E-state index contributed by atoms with van der Waals surface area (Å²) in [7, 11) is 0. The maximum absolute atomic E-state index is 13.2. The molecule has 22 heavy (non-hydrogen) atoms. The molecule has 0 aliphatic heterocycles. The fourth-order valence-corrected chi connectivity index (χ4v) is 3.39. The Hall–Kier alpha value is -1.68. The summed E-state index contributed by atoms with van der Waals surface area (Å²) in [5.41, 5.74) is 1.67. The van der Waals surface area contributed by atoms with Crippen LogP contribution in [0.2, 0.25) is 0 Å². The summed E-state index contributed by atoms with van der Waals surface area (Å²) in [6, 6.07) is 6.62. The zero-order valence-corrected chi connectivity index (χ0v) is 12.8. The lowest BCUT2D eigenvalue weighted by Gasteiger charge is -2.27. The summed E-state index contributed by atoms with van der Waals surface area (Å²) in [5.74, 6) is 0.197. The quantitative estimate of drug-likeness (QED) is 0.817. The number of halogens is 1. The molecule has 2 aromatic rings. The SMILES string of the molecule is OC1CCCCC1CCCNc1ccnc2cc(F)ccc12. The Bertz CT molecular complexity index is 632. The molecular weight excluding hydrogens is 279 g/mol. The second kappa shape index (κ2) is 7.05. The fourth-order valence-electron chi connectivity index (χ4n) is 3.39. The minimum absolute atomic E-state index is 0.113. The lowest BCUT2D eigenvalue weighted by Crippen LogP contribution is -2.24. The third-order valence-corrected chi connectivity index (χ3v) is 4.64. The highest BCUT2D eigenvalue weighted by molar-refractivity contribution is 5.90. The molecule has 0 saturated heterocycles. The highest BCUT2D eigenvalue weighted by atomic mass is 19.1. The topological polar surface area (TPSA) is 45.1 Å². The average molecular weight is 302 g/mol. The lowest BCUT2D eigenvalue weighted by atomic mass is 9.83. The summed E-state index contributed by atoms with van der Waals surface area (Å²) in [6.07, 6.45) is 8.20. The molecule has 0 spiro atoms. The van der Waals surface area contributed by atoms with Gasteiger partial charge in [0.05, 0.1) is 11.6 Å². The Morgan fingerprint density at radius 2 is 2.09 bits per heavy atom. The third-order valence-electron chi connectivity index (χ3n) is 4.64. The Kier molecular flexibility index (Phi) is 4.88. The average Bonchev–Trinajstić information content (AvgIpc) is 2.53.